The lowest BCUT2D eigenvalue weighted by molar-refractivity contribution is 0.0529. The Morgan fingerprint density at radius 3 is 2.68 bits per heavy atom. The van der Waals surface area contributed by atoms with Crippen molar-refractivity contribution in [1.82, 2.24) is 15.2 Å². The molecule has 2 heterocycles. The van der Waals surface area contributed by atoms with Gasteiger partial charge in [0.15, 0.2) is 5.96 Å². The number of aromatic nitrogens is 1. The average Bonchev–Trinajstić information content (AvgIpc) is 2.71. The van der Waals surface area contributed by atoms with Crippen molar-refractivity contribution in [2.24, 2.45) is 4.99 Å². The number of halogens is 1. The largest absolute Gasteiger partial charge is 0.375 e. The number of guanidine groups is 1. The van der Waals surface area contributed by atoms with E-state index in [2.05, 4.69) is 44.1 Å². The molecule has 3 rings (SSSR count). The second-order valence-electron chi connectivity index (χ2n) is 7.04. The fourth-order valence-corrected chi connectivity index (χ4v) is 3.37. The molecule has 1 N–H and O–H groups in total. The highest BCUT2D eigenvalue weighted by molar-refractivity contribution is 6.30. The molecular formula is C21H28ClN5O. The lowest BCUT2D eigenvalue weighted by atomic mass is 10.2. The molecule has 0 saturated carbocycles. The normalized spacial score (nSPS) is 17.5. The summed E-state index contributed by atoms with van der Waals surface area (Å²) in [5.41, 5.74) is 2.30. The van der Waals surface area contributed by atoms with E-state index in [0.29, 0.717) is 6.54 Å². The zero-order valence-corrected chi connectivity index (χ0v) is 17.5. The molecule has 1 saturated heterocycles. The predicted octanol–water partition coefficient (Wildman–Crippen LogP) is 3.17. The summed E-state index contributed by atoms with van der Waals surface area (Å²) in [6.07, 6.45) is 2.17. The smallest absolute Gasteiger partial charge is 0.193 e. The van der Waals surface area contributed by atoms with Crippen molar-refractivity contribution in [3.63, 3.8) is 0 Å². The van der Waals surface area contributed by atoms with Crippen molar-refractivity contribution in [2.75, 3.05) is 38.7 Å². The van der Waals surface area contributed by atoms with Gasteiger partial charge in [0.25, 0.3) is 0 Å². The summed E-state index contributed by atoms with van der Waals surface area (Å²) in [6.45, 7) is 6.04. The highest BCUT2D eigenvalue weighted by Gasteiger charge is 2.17. The van der Waals surface area contributed by atoms with E-state index < -0.39 is 0 Å². The standard InChI is InChI=1S/C21H28ClN5O/c1-16-14-27(10-11-28-16)20-9-6-18(12-24-20)13-25-21(23-2)26(3)15-17-4-7-19(22)8-5-17/h4-9,12,16H,10-11,13-15H2,1-3H3,(H,23,25). The summed E-state index contributed by atoms with van der Waals surface area (Å²) in [5, 5.41) is 4.15. The Morgan fingerprint density at radius 1 is 1.29 bits per heavy atom. The molecule has 7 heteroatoms. The van der Waals surface area contributed by atoms with E-state index in [9.17, 15) is 0 Å². The maximum atomic E-state index is 5.96. The molecule has 1 aliphatic rings. The van der Waals surface area contributed by atoms with Gasteiger partial charge in [-0.15, -0.1) is 0 Å². The van der Waals surface area contributed by atoms with Crippen molar-refractivity contribution in [1.29, 1.82) is 0 Å². The summed E-state index contributed by atoms with van der Waals surface area (Å²) in [7, 11) is 3.81. The van der Waals surface area contributed by atoms with E-state index in [4.69, 9.17) is 16.3 Å². The summed E-state index contributed by atoms with van der Waals surface area (Å²) < 4.78 is 5.60. The molecule has 28 heavy (non-hydrogen) atoms. The van der Waals surface area contributed by atoms with Gasteiger partial charge in [0.05, 0.1) is 12.7 Å². The molecule has 2 aromatic rings. The van der Waals surface area contributed by atoms with Crippen LogP contribution in [-0.4, -0.2) is 55.7 Å². The number of hydrogen-bond acceptors (Lipinski definition) is 4. The topological polar surface area (TPSA) is 53.0 Å². The number of nitrogens with one attached hydrogen (secondary N) is 1. The number of rotatable bonds is 5. The van der Waals surface area contributed by atoms with Gasteiger partial charge in [-0.2, -0.15) is 0 Å². The molecule has 150 valence electrons. The number of aliphatic imine (C=N–C) groups is 1. The van der Waals surface area contributed by atoms with Crippen molar-refractivity contribution < 1.29 is 4.74 Å². The number of pyridine rings is 1. The molecule has 6 nitrogen and oxygen atoms in total. The van der Waals surface area contributed by atoms with Crippen molar-refractivity contribution in [3.05, 3.63) is 58.7 Å². The fraction of sp³-hybridized carbons (Fsp3) is 0.429. The zero-order chi connectivity index (χ0) is 19.9. The van der Waals surface area contributed by atoms with Gasteiger partial charge in [0, 0.05) is 51.5 Å². The van der Waals surface area contributed by atoms with Crippen molar-refractivity contribution in [3.8, 4) is 0 Å². The Bertz CT molecular complexity index is 778. The molecule has 1 atom stereocenters. The highest BCUT2D eigenvalue weighted by Crippen LogP contribution is 2.15. The van der Waals surface area contributed by atoms with Gasteiger partial charge in [-0.3, -0.25) is 4.99 Å². The molecule has 1 aromatic heterocycles. The van der Waals surface area contributed by atoms with Gasteiger partial charge >= 0.3 is 0 Å². The fourth-order valence-electron chi connectivity index (χ4n) is 3.24. The molecule has 1 aromatic carbocycles. The molecular weight excluding hydrogens is 374 g/mol. The number of morpholine rings is 1. The minimum Gasteiger partial charge on any atom is -0.375 e. The van der Waals surface area contributed by atoms with Gasteiger partial charge < -0.3 is 19.9 Å². The maximum absolute atomic E-state index is 5.96. The first-order valence-electron chi connectivity index (χ1n) is 9.53. The third-order valence-corrected chi connectivity index (χ3v) is 4.98. The Balaban J connectivity index is 1.53. The Kier molecular flexibility index (Phi) is 7.12. The van der Waals surface area contributed by atoms with Gasteiger partial charge in [-0.05, 0) is 36.2 Å². The van der Waals surface area contributed by atoms with Crippen LogP contribution < -0.4 is 10.2 Å². The van der Waals surface area contributed by atoms with Crippen LogP contribution in [0.15, 0.2) is 47.6 Å². The van der Waals surface area contributed by atoms with Crippen LogP contribution in [0.1, 0.15) is 18.1 Å². The Hall–Kier alpha value is -2.31. The maximum Gasteiger partial charge on any atom is 0.193 e. The van der Waals surface area contributed by atoms with E-state index >= 15 is 0 Å². The van der Waals surface area contributed by atoms with Gasteiger partial charge in [0.1, 0.15) is 5.82 Å². The van der Waals surface area contributed by atoms with Crippen LogP contribution in [0.25, 0.3) is 0 Å². The van der Waals surface area contributed by atoms with E-state index in [1.165, 1.54) is 5.56 Å². The van der Waals surface area contributed by atoms with Crippen LogP contribution in [0.4, 0.5) is 5.82 Å². The van der Waals surface area contributed by atoms with Crippen LogP contribution in [0.2, 0.25) is 5.02 Å². The monoisotopic (exact) mass is 401 g/mol. The van der Waals surface area contributed by atoms with E-state index in [0.717, 1.165) is 48.6 Å². The molecule has 1 aliphatic heterocycles. The molecule has 1 unspecified atom stereocenters. The lowest BCUT2D eigenvalue weighted by Crippen LogP contribution is -2.41. The predicted molar refractivity (Wildman–Crippen MR) is 115 cm³/mol. The molecule has 0 bridgehead atoms. The minimum atomic E-state index is 0.247. The Morgan fingerprint density at radius 2 is 2.04 bits per heavy atom. The van der Waals surface area contributed by atoms with E-state index in [1.807, 2.05) is 37.5 Å². The first kappa shape index (κ1) is 20.4. The van der Waals surface area contributed by atoms with E-state index in [1.54, 1.807) is 7.05 Å². The first-order valence-corrected chi connectivity index (χ1v) is 9.90. The van der Waals surface area contributed by atoms with Crippen LogP contribution in [0.3, 0.4) is 0 Å². The number of anilines is 1. The summed E-state index contributed by atoms with van der Waals surface area (Å²) in [5.74, 6) is 1.84. The van der Waals surface area contributed by atoms with Gasteiger partial charge in [-0.25, -0.2) is 4.98 Å². The number of benzene rings is 1. The molecule has 0 radical (unpaired) electrons. The SMILES string of the molecule is CN=C(NCc1ccc(N2CCOC(C)C2)nc1)N(C)Cc1ccc(Cl)cc1. The van der Waals surface area contributed by atoms with Crippen LogP contribution in [0, 0.1) is 0 Å². The molecule has 0 amide bonds. The Labute approximate surface area is 172 Å². The van der Waals surface area contributed by atoms with Crippen molar-refractivity contribution >= 4 is 23.4 Å². The number of nitrogens with zero attached hydrogens (tertiary/aromatic N) is 4. The lowest BCUT2D eigenvalue weighted by Gasteiger charge is -2.32. The van der Waals surface area contributed by atoms with Gasteiger partial charge in [0.2, 0.25) is 0 Å². The van der Waals surface area contributed by atoms with Crippen LogP contribution in [-0.2, 0) is 17.8 Å². The van der Waals surface area contributed by atoms with Gasteiger partial charge in [-0.1, -0.05) is 29.8 Å². The van der Waals surface area contributed by atoms with Crippen LogP contribution in [0.5, 0.6) is 0 Å². The third-order valence-electron chi connectivity index (χ3n) is 4.73. The molecule has 1 fully saturated rings. The second kappa shape index (κ2) is 9.75. The highest BCUT2D eigenvalue weighted by atomic mass is 35.5. The quantitative estimate of drug-likeness (QED) is 0.616. The average molecular weight is 402 g/mol. The number of hydrogen-bond donors (Lipinski definition) is 1. The minimum absolute atomic E-state index is 0.247. The van der Waals surface area contributed by atoms with Crippen molar-refractivity contribution in [2.45, 2.75) is 26.1 Å². The van der Waals surface area contributed by atoms with Crippen LogP contribution >= 0.6 is 11.6 Å². The van der Waals surface area contributed by atoms with E-state index in [-0.39, 0.29) is 6.10 Å². The summed E-state index contributed by atoms with van der Waals surface area (Å²) in [4.78, 5) is 13.4. The number of ether oxygens (including phenoxy) is 1. The summed E-state index contributed by atoms with van der Waals surface area (Å²) >= 11 is 5.96. The summed E-state index contributed by atoms with van der Waals surface area (Å²) in [6, 6.07) is 12.1. The zero-order valence-electron chi connectivity index (χ0n) is 16.7. The second-order valence-corrected chi connectivity index (χ2v) is 7.47. The first-order chi connectivity index (χ1) is 13.5. The third kappa shape index (κ3) is 5.59. The molecule has 0 aliphatic carbocycles. The molecule has 0 spiro atoms.